The van der Waals surface area contributed by atoms with Crippen LogP contribution >= 0.6 is 0 Å². The van der Waals surface area contributed by atoms with Gasteiger partial charge in [0.05, 0.1) is 12.1 Å². The summed E-state index contributed by atoms with van der Waals surface area (Å²) in [5, 5.41) is 3.01. The Morgan fingerprint density at radius 2 is 1.76 bits per heavy atom. The smallest absolute Gasteiger partial charge is 0.318 e. The standard InChI is InChI=1S/C14H18N2O/c1-9(2)15-14(17)16-12-7-8-13(16)11-6-4-3-5-10(11)12/h3-6,9,12-13H,7-8H2,1-2H3,(H,15,17). The number of amides is 2. The average Bonchev–Trinajstić information content (AvgIpc) is 2.84. The molecular formula is C14H18N2O. The van der Waals surface area contributed by atoms with Gasteiger partial charge in [-0.3, -0.25) is 0 Å². The van der Waals surface area contributed by atoms with Gasteiger partial charge >= 0.3 is 6.03 Å². The molecule has 2 unspecified atom stereocenters. The van der Waals surface area contributed by atoms with E-state index in [9.17, 15) is 4.79 Å². The van der Waals surface area contributed by atoms with Gasteiger partial charge in [-0.05, 0) is 37.8 Å². The summed E-state index contributed by atoms with van der Waals surface area (Å²) < 4.78 is 0. The van der Waals surface area contributed by atoms with Gasteiger partial charge in [0, 0.05) is 6.04 Å². The summed E-state index contributed by atoms with van der Waals surface area (Å²) in [5.74, 6) is 0. The van der Waals surface area contributed by atoms with E-state index < -0.39 is 0 Å². The largest absolute Gasteiger partial charge is 0.336 e. The first kappa shape index (κ1) is 10.6. The Morgan fingerprint density at radius 3 is 2.24 bits per heavy atom. The molecule has 2 aliphatic rings. The van der Waals surface area contributed by atoms with Crippen LogP contribution in [0.3, 0.4) is 0 Å². The van der Waals surface area contributed by atoms with Gasteiger partial charge in [0.15, 0.2) is 0 Å². The summed E-state index contributed by atoms with van der Waals surface area (Å²) in [5.41, 5.74) is 2.70. The van der Waals surface area contributed by atoms with Crippen LogP contribution in [0.1, 0.15) is 49.9 Å². The SMILES string of the molecule is CC(C)NC(=O)N1C2CCC1c1ccccc12. The zero-order chi connectivity index (χ0) is 12.0. The minimum absolute atomic E-state index is 0.0868. The number of carbonyl (C=O) groups excluding carboxylic acids is 1. The van der Waals surface area contributed by atoms with Crippen LogP contribution in [0.5, 0.6) is 0 Å². The third-order valence-electron chi connectivity index (χ3n) is 3.75. The molecule has 2 bridgehead atoms. The van der Waals surface area contributed by atoms with Crippen molar-refractivity contribution in [2.75, 3.05) is 0 Å². The molecule has 2 atom stereocenters. The molecule has 1 saturated heterocycles. The van der Waals surface area contributed by atoms with Gasteiger partial charge in [-0.25, -0.2) is 4.79 Å². The normalized spacial score (nSPS) is 25.2. The fourth-order valence-corrected chi connectivity index (χ4v) is 3.14. The van der Waals surface area contributed by atoms with Crippen LogP contribution in [0.15, 0.2) is 24.3 Å². The van der Waals surface area contributed by atoms with E-state index in [-0.39, 0.29) is 12.1 Å². The first-order valence-corrected chi connectivity index (χ1v) is 6.36. The monoisotopic (exact) mass is 230 g/mol. The molecule has 1 fully saturated rings. The summed E-state index contributed by atoms with van der Waals surface area (Å²) >= 11 is 0. The van der Waals surface area contributed by atoms with Gasteiger partial charge in [0.25, 0.3) is 0 Å². The number of nitrogens with zero attached hydrogens (tertiary/aromatic N) is 1. The molecule has 0 aromatic heterocycles. The Morgan fingerprint density at radius 1 is 1.24 bits per heavy atom. The number of carbonyl (C=O) groups is 1. The molecule has 1 aromatic rings. The molecule has 90 valence electrons. The molecule has 0 saturated carbocycles. The highest BCUT2D eigenvalue weighted by Crippen LogP contribution is 2.52. The molecular weight excluding hydrogens is 212 g/mol. The van der Waals surface area contributed by atoms with E-state index in [1.807, 2.05) is 18.7 Å². The number of hydrogen-bond donors (Lipinski definition) is 1. The molecule has 2 amide bonds. The van der Waals surface area contributed by atoms with Crippen molar-refractivity contribution in [2.45, 2.75) is 44.8 Å². The van der Waals surface area contributed by atoms with Crippen molar-refractivity contribution in [1.82, 2.24) is 10.2 Å². The minimum Gasteiger partial charge on any atom is -0.336 e. The summed E-state index contributed by atoms with van der Waals surface area (Å²) in [6.07, 6.45) is 2.21. The van der Waals surface area contributed by atoms with E-state index in [2.05, 4.69) is 29.6 Å². The van der Waals surface area contributed by atoms with E-state index in [0.717, 1.165) is 12.8 Å². The van der Waals surface area contributed by atoms with E-state index in [4.69, 9.17) is 0 Å². The molecule has 0 radical (unpaired) electrons. The van der Waals surface area contributed by atoms with Crippen LogP contribution in [0, 0.1) is 0 Å². The van der Waals surface area contributed by atoms with Gasteiger partial charge < -0.3 is 10.2 Å². The van der Waals surface area contributed by atoms with Crippen molar-refractivity contribution in [2.24, 2.45) is 0 Å². The summed E-state index contributed by atoms with van der Waals surface area (Å²) in [6.45, 7) is 4.01. The van der Waals surface area contributed by atoms with Gasteiger partial charge in [-0.2, -0.15) is 0 Å². The molecule has 3 rings (SSSR count). The maximum atomic E-state index is 12.2. The zero-order valence-corrected chi connectivity index (χ0v) is 10.3. The Bertz CT molecular complexity index is 424. The van der Waals surface area contributed by atoms with Crippen molar-refractivity contribution in [3.05, 3.63) is 35.4 Å². The summed E-state index contributed by atoms with van der Waals surface area (Å²) in [6, 6.07) is 9.35. The van der Waals surface area contributed by atoms with Crippen LogP contribution < -0.4 is 5.32 Å². The predicted molar refractivity (Wildman–Crippen MR) is 66.7 cm³/mol. The van der Waals surface area contributed by atoms with Gasteiger partial charge in [0.2, 0.25) is 0 Å². The molecule has 2 aliphatic heterocycles. The minimum atomic E-state index is 0.0868. The molecule has 0 spiro atoms. The lowest BCUT2D eigenvalue weighted by Crippen LogP contribution is -2.41. The maximum Gasteiger partial charge on any atom is 0.318 e. The van der Waals surface area contributed by atoms with Crippen LogP contribution in [-0.4, -0.2) is 17.0 Å². The van der Waals surface area contributed by atoms with Crippen LogP contribution in [-0.2, 0) is 0 Å². The van der Waals surface area contributed by atoms with Crippen molar-refractivity contribution >= 4 is 6.03 Å². The fraction of sp³-hybridized carbons (Fsp3) is 0.500. The highest BCUT2D eigenvalue weighted by Gasteiger charge is 2.46. The highest BCUT2D eigenvalue weighted by atomic mass is 16.2. The van der Waals surface area contributed by atoms with Gasteiger partial charge in [0.1, 0.15) is 0 Å². The van der Waals surface area contributed by atoms with Crippen LogP contribution in [0.2, 0.25) is 0 Å². The fourth-order valence-electron chi connectivity index (χ4n) is 3.14. The van der Waals surface area contributed by atoms with Gasteiger partial charge in [-0.1, -0.05) is 24.3 Å². The molecule has 1 aromatic carbocycles. The van der Waals surface area contributed by atoms with Crippen LogP contribution in [0.4, 0.5) is 4.79 Å². The Hall–Kier alpha value is -1.51. The zero-order valence-electron chi connectivity index (χ0n) is 10.3. The second kappa shape index (κ2) is 3.76. The number of nitrogens with one attached hydrogen (secondary N) is 1. The lowest BCUT2D eigenvalue weighted by molar-refractivity contribution is 0.180. The molecule has 0 aliphatic carbocycles. The third-order valence-corrected chi connectivity index (χ3v) is 3.75. The Labute approximate surface area is 102 Å². The molecule has 3 nitrogen and oxygen atoms in total. The van der Waals surface area contributed by atoms with Gasteiger partial charge in [-0.15, -0.1) is 0 Å². The maximum absolute atomic E-state index is 12.2. The molecule has 17 heavy (non-hydrogen) atoms. The summed E-state index contributed by atoms with van der Waals surface area (Å²) in [4.78, 5) is 14.2. The number of hydrogen-bond acceptors (Lipinski definition) is 1. The van der Waals surface area contributed by atoms with Crippen molar-refractivity contribution in [1.29, 1.82) is 0 Å². The first-order valence-electron chi connectivity index (χ1n) is 6.36. The Kier molecular flexibility index (Phi) is 2.35. The number of benzene rings is 1. The van der Waals surface area contributed by atoms with Crippen molar-refractivity contribution in [3.63, 3.8) is 0 Å². The molecule has 2 heterocycles. The average molecular weight is 230 g/mol. The van der Waals surface area contributed by atoms with Crippen LogP contribution in [0.25, 0.3) is 0 Å². The lowest BCUT2D eigenvalue weighted by Gasteiger charge is -2.24. The molecule has 3 heteroatoms. The summed E-state index contributed by atoms with van der Waals surface area (Å²) in [7, 11) is 0. The second-order valence-electron chi connectivity index (χ2n) is 5.25. The molecule has 1 N–H and O–H groups in total. The number of urea groups is 1. The lowest BCUT2D eigenvalue weighted by atomic mass is 9.92. The van der Waals surface area contributed by atoms with E-state index in [0.29, 0.717) is 12.1 Å². The third kappa shape index (κ3) is 1.53. The van der Waals surface area contributed by atoms with Crippen molar-refractivity contribution in [3.8, 4) is 0 Å². The first-order chi connectivity index (χ1) is 8.18. The number of fused-ring (bicyclic) bond motifs is 5. The topological polar surface area (TPSA) is 32.3 Å². The quantitative estimate of drug-likeness (QED) is 0.790. The Balaban J connectivity index is 1.90. The van der Waals surface area contributed by atoms with E-state index >= 15 is 0 Å². The van der Waals surface area contributed by atoms with E-state index in [1.165, 1.54) is 11.1 Å². The van der Waals surface area contributed by atoms with Crippen molar-refractivity contribution < 1.29 is 4.79 Å². The highest BCUT2D eigenvalue weighted by molar-refractivity contribution is 5.77. The van der Waals surface area contributed by atoms with E-state index in [1.54, 1.807) is 0 Å². The second-order valence-corrected chi connectivity index (χ2v) is 5.25. The predicted octanol–water partition coefficient (Wildman–Crippen LogP) is 3.00. The number of rotatable bonds is 1.